The maximum absolute atomic E-state index is 10.9. The zero-order valence-corrected chi connectivity index (χ0v) is 13.4. The largest absolute Gasteiger partial charge is 0.392 e. The average Bonchev–Trinajstić information content (AvgIpc) is 2.80. The number of rotatable bonds is 0. The summed E-state index contributed by atoms with van der Waals surface area (Å²) in [7, 11) is 0. The Balaban J connectivity index is 1.83. The van der Waals surface area contributed by atoms with Gasteiger partial charge in [-0.25, -0.2) is 0 Å². The highest BCUT2D eigenvalue weighted by molar-refractivity contribution is 5.29. The molecular formula is C17H26O4. The number of ether oxygens (including phenoxy) is 2. The maximum atomic E-state index is 10.9. The fourth-order valence-corrected chi connectivity index (χ4v) is 5.47. The molecule has 0 aromatic carbocycles. The second-order valence-corrected chi connectivity index (χ2v) is 8.64. The van der Waals surface area contributed by atoms with E-state index in [1.54, 1.807) is 0 Å². The van der Waals surface area contributed by atoms with Crippen molar-refractivity contribution in [2.75, 3.05) is 0 Å². The molecule has 1 aliphatic heterocycles. The highest BCUT2D eigenvalue weighted by atomic mass is 16.8. The third-order valence-electron chi connectivity index (χ3n) is 6.61. The Hall–Kier alpha value is -0.420. The maximum Gasteiger partial charge on any atom is 0.163 e. The van der Waals surface area contributed by atoms with Gasteiger partial charge in [0, 0.05) is 28.6 Å². The monoisotopic (exact) mass is 294 g/mol. The fourth-order valence-electron chi connectivity index (χ4n) is 5.47. The molecular weight excluding hydrogens is 268 g/mol. The van der Waals surface area contributed by atoms with Crippen molar-refractivity contribution in [2.24, 2.45) is 28.6 Å². The molecule has 2 bridgehead atoms. The van der Waals surface area contributed by atoms with Crippen LogP contribution in [0.1, 0.15) is 34.6 Å². The second-order valence-electron chi connectivity index (χ2n) is 8.64. The minimum Gasteiger partial charge on any atom is -0.392 e. The molecule has 4 aliphatic carbocycles. The number of aliphatic hydroxyl groups excluding tert-OH is 2. The summed E-state index contributed by atoms with van der Waals surface area (Å²) in [5.74, 6) is -0.403. The molecule has 0 spiro atoms. The van der Waals surface area contributed by atoms with Crippen molar-refractivity contribution < 1.29 is 19.7 Å². The van der Waals surface area contributed by atoms with Crippen LogP contribution in [0.3, 0.4) is 0 Å². The molecule has 0 radical (unpaired) electrons. The molecule has 0 aromatic heterocycles. The first kappa shape index (κ1) is 14.2. The lowest BCUT2D eigenvalue weighted by Gasteiger charge is -2.55. The number of aliphatic hydroxyl groups is 2. The van der Waals surface area contributed by atoms with E-state index in [1.807, 2.05) is 27.7 Å². The van der Waals surface area contributed by atoms with Gasteiger partial charge in [-0.2, -0.15) is 0 Å². The molecule has 4 nitrogen and oxygen atoms in total. The SMILES string of the molecule is CC1(C)OC2C3C=CC(C)(C2O1)C1C3C(O)C(C)(C)C1O. The summed E-state index contributed by atoms with van der Waals surface area (Å²) in [5, 5.41) is 21.7. The van der Waals surface area contributed by atoms with Crippen LogP contribution in [0.2, 0.25) is 0 Å². The zero-order chi connectivity index (χ0) is 15.4. The van der Waals surface area contributed by atoms with Crippen LogP contribution >= 0.6 is 0 Å². The minimum atomic E-state index is -0.592. The topological polar surface area (TPSA) is 58.9 Å². The van der Waals surface area contributed by atoms with Gasteiger partial charge < -0.3 is 19.7 Å². The summed E-state index contributed by atoms with van der Waals surface area (Å²) in [4.78, 5) is 0. The van der Waals surface area contributed by atoms with Gasteiger partial charge in [0.25, 0.3) is 0 Å². The average molecular weight is 294 g/mol. The van der Waals surface area contributed by atoms with E-state index in [2.05, 4.69) is 19.1 Å². The summed E-state index contributed by atoms with van der Waals surface area (Å²) in [6.07, 6.45) is 3.28. The first-order valence-corrected chi connectivity index (χ1v) is 8.01. The van der Waals surface area contributed by atoms with Gasteiger partial charge in [0.15, 0.2) is 5.79 Å². The Morgan fingerprint density at radius 3 is 2.29 bits per heavy atom. The summed E-state index contributed by atoms with van der Waals surface area (Å²) in [5.41, 5.74) is -0.777. The van der Waals surface area contributed by atoms with Crippen molar-refractivity contribution in [3.63, 3.8) is 0 Å². The van der Waals surface area contributed by atoms with Crippen LogP contribution in [0.5, 0.6) is 0 Å². The zero-order valence-electron chi connectivity index (χ0n) is 13.4. The molecule has 2 saturated carbocycles. The molecule has 8 unspecified atom stereocenters. The standard InChI is InChI=1S/C17H26O4/c1-15(2)12(18)9-8-6-7-17(5,10(9)13(15)19)14-11(8)20-16(3,4)21-14/h6-14,18-19H,1-5H3. The van der Waals surface area contributed by atoms with E-state index in [9.17, 15) is 10.2 Å². The van der Waals surface area contributed by atoms with Crippen molar-refractivity contribution in [1.82, 2.24) is 0 Å². The van der Waals surface area contributed by atoms with Gasteiger partial charge in [-0.05, 0) is 13.8 Å². The summed E-state index contributed by atoms with van der Waals surface area (Å²) < 4.78 is 12.3. The molecule has 4 heteroatoms. The van der Waals surface area contributed by atoms with Crippen LogP contribution in [-0.2, 0) is 9.47 Å². The van der Waals surface area contributed by atoms with Gasteiger partial charge in [-0.3, -0.25) is 0 Å². The van der Waals surface area contributed by atoms with Gasteiger partial charge in [-0.15, -0.1) is 0 Å². The lowest BCUT2D eigenvalue weighted by molar-refractivity contribution is -0.157. The van der Waals surface area contributed by atoms with E-state index in [4.69, 9.17) is 9.47 Å². The van der Waals surface area contributed by atoms with Crippen LogP contribution in [-0.4, -0.2) is 40.4 Å². The van der Waals surface area contributed by atoms with Gasteiger partial charge in [0.1, 0.15) is 0 Å². The molecule has 3 fully saturated rings. The van der Waals surface area contributed by atoms with E-state index in [0.29, 0.717) is 0 Å². The van der Waals surface area contributed by atoms with E-state index in [0.717, 1.165) is 0 Å². The first-order valence-electron chi connectivity index (χ1n) is 8.01. The van der Waals surface area contributed by atoms with Crippen molar-refractivity contribution in [3.05, 3.63) is 12.2 Å². The lowest BCUT2D eigenvalue weighted by Crippen LogP contribution is -2.60. The van der Waals surface area contributed by atoms with Crippen molar-refractivity contribution in [1.29, 1.82) is 0 Å². The van der Waals surface area contributed by atoms with E-state index < -0.39 is 23.4 Å². The minimum absolute atomic E-state index is 0.0213. The molecule has 118 valence electrons. The molecule has 8 atom stereocenters. The molecule has 1 saturated heterocycles. The third-order valence-corrected chi connectivity index (χ3v) is 6.61. The molecule has 2 N–H and O–H groups in total. The van der Waals surface area contributed by atoms with Crippen LogP contribution < -0.4 is 0 Å². The molecule has 0 amide bonds. The Bertz CT molecular complexity index is 511. The van der Waals surface area contributed by atoms with E-state index in [1.165, 1.54) is 0 Å². The van der Waals surface area contributed by atoms with Gasteiger partial charge in [-0.1, -0.05) is 32.9 Å². The van der Waals surface area contributed by atoms with Crippen molar-refractivity contribution >= 4 is 0 Å². The van der Waals surface area contributed by atoms with Crippen molar-refractivity contribution in [3.8, 4) is 0 Å². The van der Waals surface area contributed by atoms with Crippen LogP contribution in [0.15, 0.2) is 12.2 Å². The predicted molar refractivity (Wildman–Crippen MR) is 77.3 cm³/mol. The Kier molecular flexibility index (Phi) is 2.52. The summed E-state index contributed by atoms with van der Waals surface area (Å²) in [6, 6.07) is 0. The lowest BCUT2D eigenvalue weighted by atomic mass is 9.52. The number of hydrogen-bond acceptors (Lipinski definition) is 4. The third kappa shape index (κ3) is 1.50. The van der Waals surface area contributed by atoms with E-state index >= 15 is 0 Å². The van der Waals surface area contributed by atoms with Crippen LogP contribution in [0, 0.1) is 28.6 Å². The predicted octanol–water partition coefficient (Wildman–Crippen LogP) is 1.71. The summed E-state index contributed by atoms with van der Waals surface area (Å²) >= 11 is 0. The van der Waals surface area contributed by atoms with Crippen LogP contribution in [0.4, 0.5) is 0 Å². The fraction of sp³-hybridized carbons (Fsp3) is 0.882. The van der Waals surface area contributed by atoms with Gasteiger partial charge >= 0.3 is 0 Å². The Morgan fingerprint density at radius 1 is 0.952 bits per heavy atom. The van der Waals surface area contributed by atoms with Crippen LogP contribution in [0.25, 0.3) is 0 Å². The van der Waals surface area contributed by atoms with Gasteiger partial charge in [0.2, 0.25) is 0 Å². The second kappa shape index (κ2) is 3.73. The highest BCUT2D eigenvalue weighted by Gasteiger charge is 2.71. The summed E-state index contributed by atoms with van der Waals surface area (Å²) in [6.45, 7) is 9.97. The van der Waals surface area contributed by atoms with Crippen molar-refractivity contribution in [2.45, 2.75) is 64.8 Å². The molecule has 1 heterocycles. The Labute approximate surface area is 126 Å². The molecule has 21 heavy (non-hydrogen) atoms. The highest BCUT2D eigenvalue weighted by Crippen LogP contribution is 2.66. The smallest absolute Gasteiger partial charge is 0.163 e. The molecule has 5 rings (SSSR count). The quantitative estimate of drug-likeness (QED) is 0.668. The first-order chi connectivity index (χ1) is 9.59. The molecule has 0 aromatic rings. The van der Waals surface area contributed by atoms with Gasteiger partial charge in [0.05, 0.1) is 24.4 Å². The van der Waals surface area contributed by atoms with E-state index in [-0.39, 0.29) is 35.4 Å². The molecule has 5 aliphatic rings. The number of hydrogen-bond donors (Lipinski definition) is 2. The Morgan fingerprint density at radius 2 is 1.62 bits per heavy atom. The normalized spacial score (nSPS) is 59.1.